The van der Waals surface area contributed by atoms with Crippen LogP contribution in [-0.2, 0) is 16.1 Å². The predicted molar refractivity (Wildman–Crippen MR) is 101 cm³/mol. The van der Waals surface area contributed by atoms with Crippen molar-refractivity contribution in [3.8, 4) is 0 Å². The van der Waals surface area contributed by atoms with Gasteiger partial charge in [-0.2, -0.15) is 0 Å². The third kappa shape index (κ3) is 5.94. The highest BCUT2D eigenvalue weighted by molar-refractivity contribution is 9.13. The van der Waals surface area contributed by atoms with Gasteiger partial charge in [0.2, 0.25) is 0 Å². The smallest absolute Gasteiger partial charge is 0.349 e. The summed E-state index contributed by atoms with van der Waals surface area (Å²) in [6.07, 6.45) is -1.10. The third-order valence-corrected chi connectivity index (χ3v) is 6.27. The molecule has 0 aliphatic carbocycles. The van der Waals surface area contributed by atoms with Crippen LogP contribution in [0.5, 0.6) is 0 Å². The van der Waals surface area contributed by atoms with E-state index < -0.39 is 24.0 Å². The average Bonchev–Trinajstić information content (AvgIpc) is 2.93. The molecule has 0 bridgehead atoms. The lowest BCUT2D eigenvalue weighted by Crippen LogP contribution is -2.44. The number of halogens is 2. The lowest BCUT2D eigenvalue weighted by atomic mass is 10.2. The molecule has 1 atom stereocenters. The zero-order valence-electron chi connectivity index (χ0n) is 13.0. The first-order valence-electron chi connectivity index (χ1n) is 7.15. The highest BCUT2D eigenvalue weighted by Gasteiger charge is 2.22. The second kappa shape index (κ2) is 9.12. The fraction of sp³-hybridized carbons (Fsp3) is 0.188. The Bertz CT molecular complexity index is 760. The van der Waals surface area contributed by atoms with Crippen LogP contribution in [0.1, 0.15) is 22.2 Å². The van der Waals surface area contributed by atoms with Crippen molar-refractivity contribution in [3.05, 3.63) is 55.1 Å². The minimum Gasteiger partial charge on any atom is -0.448 e. The number of rotatable bonds is 5. The van der Waals surface area contributed by atoms with Gasteiger partial charge in [0.15, 0.2) is 6.10 Å². The van der Waals surface area contributed by atoms with E-state index in [-0.39, 0.29) is 6.54 Å². The third-order valence-electron chi connectivity index (χ3n) is 3.03. The van der Waals surface area contributed by atoms with Gasteiger partial charge in [-0.1, -0.05) is 30.3 Å². The molecule has 0 spiro atoms. The Morgan fingerprint density at radius 1 is 1.20 bits per heavy atom. The van der Waals surface area contributed by atoms with E-state index >= 15 is 0 Å². The van der Waals surface area contributed by atoms with Crippen molar-refractivity contribution in [1.82, 2.24) is 10.6 Å². The first-order chi connectivity index (χ1) is 11.9. The van der Waals surface area contributed by atoms with Gasteiger partial charge in [-0.3, -0.25) is 10.1 Å². The first kappa shape index (κ1) is 19.6. The molecule has 1 aromatic heterocycles. The Kier molecular flexibility index (Phi) is 7.15. The van der Waals surface area contributed by atoms with E-state index in [1.807, 2.05) is 30.3 Å². The van der Waals surface area contributed by atoms with Gasteiger partial charge < -0.3 is 10.1 Å². The second-order valence-corrected chi connectivity index (χ2v) is 8.16. The molecule has 0 saturated heterocycles. The highest BCUT2D eigenvalue weighted by Crippen LogP contribution is 2.32. The normalized spacial score (nSPS) is 11.5. The van der Waals surface area contributed by atoms with Crippen molar-refractivity contribution >= 4 is 61.1 Å². The summed E-state index contributed by atoms with van der Waals surface area (Å²) < 4.78 is 6.54. The molecule has 0 saturated carbocycles. The first-order valence-corrected chi connectivity index (χ1v) is 9.55. The van der Waals surface area contributed by atoms with E-state index in [1.54, 1.807) is 6.07 Å². The van der Waals surface area contributed by atoms with Crippen molar-refractivity contribution in [1.29, 1.82) is 0 Å². The minimum absolute atomic E-state index is 0.283. The maximum absolute atomic E-state index is 12.0. The number of carbonyl (C=O) groups is 3. The average molecular weight is 490 g/mol. The zero-order chi connectivity index (χ0) is 18.4. The van der Waals surface area contributed by atoms with E-state index in [9.17, 15) is 14.4 Å². The Morgan fingerprint density at radius 3 is 2.48 bits per heavy atom. The quantitative estimate of drug-likeness (QED) is 0.625. The van der Waals surface area contributed by atoms with Gasteiger partial charge in [0.25, 0.3) is 5.91 Å². The molecule has 1 aromatic carbocycles. The van der Waals surface area contributed by atoms with E-state index in [1.165, 1.54) is 18.3 Å². The molecular formula is C16H14Br2N2O4S. The SMILES string of the molecule is CC(OC(=O)c1cc(Br)c(Br)s1)C(=O)NC(=O)NCc1ccccc1. The fourth-order valence-electron chi connectivity index (χ4n) is 1.76. The second-order valence-electron chi connectivity index (χ2n) is 4.94. The molecule has 132 valence electrons. The monoisotopic (exact) mass is 488 g/mol. The van der Waals surface area contributed by atoms with Gasteiger partial charge in [-0.15, -0.1) is 11.3 Å². The number of urea groups is 1. The van der Waals surface area contributed by atoms with Crippen LogP contribution in [0.25, 0.3) is 0 Å². The number of hydrogen-bond donors (Lipinski definition) is 2. The molecule has 0 fully saturated rings. The van der Waals surface area contributed by atoms with Crippen LogP contribution < -0.4 is 10.6 Å². The van der Waals surface area contributed by atoms with Gasteiger partial charge in [0.05, 0.1) is 3.79 Å². The van der Waals surface area contributed by atoms with E-state index in [2.05, 4.69) is 42.5 Å². The number of nitrogens with one attached hydrogen (secondary N) is 2. The summed E-state index contributed by atoms with van der Waals surface area (Å²) in [4.78, 5) is 36.0. The summed E-state index contributed by atoms with van der Waals surface area (Å²) in [5.74, 6) is -1.34. The number of imide groups is 1. The lowest BCUT2D eigenvalue weighted by molar-refractivity contribution is -0.127. The van der Waals surface area contributed by atoms with Gasteiger partial charge in [0.1, 0.15) is 4.88 Å². The minimum atomic E-state index is -1.10. The van der Waals surface area contributed by atoms with Crippen LogP contribution in [0.15, 0.2) is 44.7 Å². The standard InChI is InChI=1S/C16H14Br2N2O4S/c1-9(24-15(22)12-7-11(17)13(18)25-12)14(21)20-16(23)19-8-10-5-3-2-4-6-10/h2-7,9H,8H2,1H3,(H2,19,20,21,23). The van der Waals surface area contributed by atoms with Crippen molar-refractivity contribution in [3.63, 3.8) is 0 Å². The van der Waals surface area contributed by atoms with Gasteiger partial charge in [-0.05, 0) is 50.4 Å². The summed E-state index contributed by atoms with van der Waals surface area (Å²) in [7, 11) is 0. The fourth-order valence-corrected chi connectivity index (χ4v) is 3.67. The Morgan fingerprint density at radius 2 is 1.88 bits per heavy atom. The molecule has 3 amide bonds. The molecular weight excluding hydrogens is 476 g/mol. The number of esters is 1. The van der Waals surface area contributed by atoms with Gasteiger partial charge >= 0.3 is 12.0 Å². The summed E-state index contributed by atoms with van der Waals surface area (Å²) in [6.45, 7) is 1.68. The molecule has 2 aromatic rings. The highest BCUT2D eigenvalue weighted by atomic mass is 79.9. The molecule has 0 aliphatic rings. The topological polar surface area (TPSA) is 84.5 Å². The van der Waals surface area contributed by atoms with E-state index in [4.69, 9.17) is 4.74 Å². The Balaban J connectivity index is 1.81. The van der Waals surface area contributed by atoms with Crippen LogP contribution >= 0.6 is 43.2 Å². The molecule has 1 heterocycles. The van der Waals surface area contributed by atoms with E-state index in [0.717, 1.165) is 13.8 Å². The molecule has 6 nitrogen and oxygen atoms in total. The number of thiophene rings is 1. The van der Waals surface area contributed by atoms with Gasteiger partial charge in [-0.25, -0.2) is 9.59 Å². The summed E-state index contributed by atoms with van der Waals surface area (Å²) >= 11 is 7.73. The number of hydrogen-bond acceptors (Lipinski definition) is 5. The van der Waals surface area contributed by atoms with Crippen LogP contribution in [-0.4, -0.2) is 24.0 Å². The molecule has 2 N–H and O–H groups in total. The lowest BCUT2D eigenvalue weighted by Gasteiger charge is -2.12. The van der Waals surface area contributed by atoms with Crippen molar-refractivity contribution in [2.75, 3.05) is 0 Å². The van der Waals surface area contributed by atoms with Crippen LogP contribution in [0.3, 0.4) is 0 Å². The molecule has 0 aliphatic heterocycles. The van der Waals surface area contributed by atoms with Crippen molar-refractivity contribution in [2.45, 2.75) is 19.6 Å². The van der Waals surface area contributed by atoms with Crippen LogP contribution in [0.2, 0.25) is 0 Å². The number of benzene rings is 1. The van der Waals surface area contributed by atoms with Crippen molar-refractivity contribution < 1.29 is 19.1 Å². The van der Waals surface area contributed by atoms with Crippen LogP contribution in [0.4, 0.5) is 4.79 Å². The molecule has 2 rings (SSSR count). The summed E-state index contributed by atoms with van der Waals surface area (Å²) in [6, 6.07) is 10.2. The summed E-state index contributed by atoms with van der Waals surface area (Å²) in [5.41, 5.74) is 0.901. The molecule has 9 heteroatoms. The largest absolute Gasteiger partial charge is 0.448 e. The zero-order valence-corrected chi connectivity index (χ0v) is 17.0. The molecule has 1 unspecified atom stereocenters. The number of amides is 3. The maximum atomic E-state index is 12.0. The Hall–Kier alpha value is -1.71. The van der Waals surface area contributed by atoms with Crippen LogP contribution in [0, 0.1) is 0 Å². The predicted octanol–water partition coefficient (Wildman–Crippen LogP) is 3.84. The maximum Gasteiger partial charge on any atom is 0.349 e. The van der Waals surface area contributed by atoms with E-state index in [0.29, 0.717) is 4.88 Å². The van der Waals surface area contributed by atoms with Gasteiger partial charge in [0, 0.05) is 11.0 Å². The molecule has 25 heavy (non-hydrogen) atoms. The number of ether oxygens (including phenoxy) is 1. The number of carbonyl (C=O) groups excluding carboxylic acids is 3. The molecule has 0 radical (unpaired) electrons. The Labute approximate surface area is 165 Å². The van der Waals surface area contributed by atoms with Crippen molar-refractivity contribution in [2.24, 2.45) is 0 Å². The summed E-state index contributed by atoms with van der Waals surface area (Å²) in [5, 5.41) is 4.70.